The van der Waals surface area contributed by atoms with Gasteiger partial charge >= 0.3 is 80.9 Å². The van der Waals surface area contributed by atoms with Crippen LogP contribution >= 0.6 is 0 Å². The van der Waals surface area contributed by atoms with Crippen molar-refractivity contribution in [3.8, 4) is 0 Å². The van der Waals surface area contributed by atoms with E-state index in [1.54, 1.807) is 0 Å². The molecule has 1 N–H and O–H groups in total. The second-order valence-corrected chi connectivity index (χ2v) is 1.42. The van der Waals surface area contributed by atoms with Crippen molar-refractivity contribution in [2.24, 2.45) is 0 Å². The van der Waals surface area contributed by atoms with Crippen LogP contribution in [0.25, 0.3) is 0 Å². The Hall–Kier alpha value is 1.48. The quantitative estimate of drug-likeness (QED) is 0.449. The summed E-state index contributed by atoms with van der Waals surface area (Å²) in [7, 11) is 0. The number of rotatable bonds is 1. The van der Waals surface area contributed by atoms with Crippen LogP contribution < -0.4 is 104 Å². The maximum absolute atomic E-state index is 10.00. The summed E-state index contributed by atoms with van der Waals surface area (Å²) in [4.78, 5) is 14.4. The summed E-state index contributed by atoms with van der Waals surface area (Å²) in [6, 6.07) is 0. The number of carbonyl (C=O) groups excluding carboxylic acids is 1. The van der Waals surface area contributed by atoms with Crippen LogP contribution in [0.3, 0.4) is 0 Å². The third-order valence-corrected chi connectivity index (χ3v) is 0.798. The summed E-state index contributed by atoms with van der Waals surface area (Å²) in [5, 5.41) is 10.00. The molecule has 1 rings (SSSR count). The van der Waals surface area contributed by atoms with E-state index >= 15 is 0 Å². The average Bonchev–Trinajstić information content (AvgIpc) is 1.90. The molecule has 0 spiro atoms. The summed E-state index contributed by atoms with van der Waals surface area (Å²) >= 11 is 0. The van der Waals surface area contributed by atoms with E-state index in [2.05, 4.69) is 10.3 Å². The minimum absolute atomic E-state index is 0. The third kappa shape index (κ3) is 6.94. The molecule has 56 valence electrons. The molecule has 1 aliphatic heterocycles. The first-order valence-electron chi connectivity index (χ1n) is 2.30. The van der Waals surface area contributed by atoms with Crippen LogP contribution in [-0.2, 0) is 9.63 Å². The minimum Gasteiger partial charge on any atom is -1.00 e. The first-order valence-corrected chi connectivity index (χ1v) is 2.30. The average molecular weight is 224 g/mol. The fourth-order valence-electron chi connectivity index (χ4n) is 0.416. The van der Waals surface area contributed by atoms with Crippen LogP contribution in [0.2, 0.25) is 0 Å². The third-order valence-electron chi connectivity index (χ3n) is 0.798. The topological polar surface area (TPSA) is 61.4 Å². The van der Waals surface area contributed by atoms with Crippen molar-refractivity contribution in [1.82, 2.24) is 5.48 Å². The fourth-order valence-corrected chi connectivity index (χ4v) is 0.416. The van der Waals surface area contributed by atoms with Crippen molar-refractivity contribution in [1.29, 1.82) is 0 Å². The Morgan fingerprint density at radius 2 is 2.17 bits per heavy atom. The van der Waals surface area contributed by atoms with Crippen LogP contribution in [0.4, 0.5) is 0 Å². The van der Waals surface area contributed by atoms with E-state index in [0.717, 1.165) is 0 Å². The van der Waals surface area contributed by atoms with E-state index in [1.807, 2.05) is 0 Å². The van der Waals surface area contributed by atoms with E-state index in [0.29, 0.717) is 0 Å². The Labute approximate surface area is 141 Å². The number of carboxylic acid groups (broad SMARTS) is 1. The van der Waals surface area contributed by atoms with E-state index in [-0.39, 0.29) is 99.0 Å². The number of hydrogen-bond acceptors (Lipinski definition) is 4. The van der Waals surface area contributed by atoms with Crippen molar-refractivity contribution in [3.63, 3.8) is 0 Å². The van der Waals surface area contributed by atoms with Crippen LogP contribution in [0.5, 0.6) is 0 Å². The number of nitrogens with one attached hydrogen (secondary N) is 1. The van der Waals surface area contributed by atoms with Crippen LogP contribution in [0.15, 0.2) is 24.1 Å². The molecule has 0 radical (unpaired) electrons. The van der Waals surface area contributed by atoms with Gasteiger partial charge in [-0.25, -0.2) is 5.48 Å². The zero-order valence-electron chi connectivity index (χ0n) is 6.83. The van der Waals surface area contributed by atoms with Gasteiger partial charge in [0.05, 0.1) is 11.7 Å². The molecule has 0 aromatic carbocycles. The Morgan fingerprint density at radius 3 is 2.42 bits per heavy atom. The van der Waals surface area contributed by atoms with Gasteiger partial charge in [0.15, 0.2) is 0 Å². The van der Waals surface area contributed by atoms with Gasteiger partial charge in [-0.2, -0.15) is 0 Å². The van der Waals surface area contributed by atoms with E-state index < -0.39 is 5.97 Å². The van der Waals surface area contributed by atoms with E-state index in [4.69, 9.17) is 0 Å². The number of carboxylic acids is 1. The molecule has 0 atom stereocenters. The summed E-state index contributed by atoms with van der Waals surface area (Å²) in [6.07, 6.45) is 4.13. The maximum atomic E-state index is 10.00. The first-order chi connectivity index (χ1) is 4.30. The molecule has 0 amide bonds. The van der Waals surface area contributed by atoms with Gasteiger partial charge in [0.2, 0.25) is 0 Å². The molecular weight excluding hydrogens is 220 g/mol. The van der Waals surface area contributed by atoms with Crippen LogP contribution in [0.1, 0.15) is 0 Å². The Balaban J connectivity index is -0.000000270. The van der Waals surface area contributed by atoms with Crippen LogP contribution in [-0.4, -0.2) is 5.97 Å². The first kappa shape index (κ1) is 19.1. The number of halogens is 1. The zero-order chi connectivity index (χ0) is 6.69. The molecule has 0 saturated heterocycles. The Bertz CT molecular complexity index is 197. The SMILES string of the molecule is O=C([O-])C1=CC=CON1.[Cl-].[K+].[Na+]. The van der Waals surface area contributed by atoms with Crippen molar-refractivity contribution in [2.75, 3.05) is 0 Å². The number of allylic oxidation sites excluding steroid dienone is 2. The molecule has 1 aliphatic rings. The summed E-state index contributed by atoms with van der Waals surface area (Å²) in [5.41, 5.74) is 2.06. The predicted molar refractivity (Wildman–Crippen MR) is 26.5 cm³/mol. The number of aliphatic carboxylic acids is 1. The molecule has 0 aliphatic carbocycles. The predicted octanol–water partition coefficient (Wildman–Crippen LogP) is -10.3. The zero-order valence-corrected chi connectivity index (χ0v) is 12.7. The summed E-state index contributed by atoms with van der Waals surface area (Å²) in [6.45, 7) is 0. The van der Waals surface area contributed by atoms with Crippen LogP contribution in [0, 0.1) is 0 Å². The van der Waals surface area contributed by atoms with Gasteiger partial charge in [-0.1, -0.05) is 0 Å². The molecule has 0 bridgehead atoms. The smallest absolute Gasteiger partial charge is 1.00 e. The van der Waals surface area contributed by atoms with Crippen molar-refractivity contribution >= 4 is 5.97 Å². The maximum Gasteiger partial charge on any atom is 1.00 e. The van der Waals surface area contributed by atoms with Gasteiger partial charge in [-0.15, -0.1) is 0 Å². The van der Waals surface area contributed by atoms with Crippen molar-refractivity contribution < 1.29 is 108 Å². The monoisotopic (exact) mass is 223 g/mol. The second kappa shape index (κ2) is 10.6. The normalized spacial score (nSPS) is 11.5. The number of hydrogen-bond donors (Lipinski definition) is 1. The van der Waals surface area contributed by atoms with Gasteiger partial charge in [0.1, 0.15) is 6.26 Å². The molecular formula is C5H4ClKNNaO3. The second-order valence-electron chi connectivity index (χ2n) is 1.42. The van der Waals surface area contributed by atoms with Crippen molar-refractivity contribution in [3.05, 3.63) is 24.1 Å². The van der Waals surface area contributed by atoms with Gasteiger partial charge in [-0.3, -0.25) is 0 Å². The molecule has 0 unspecified atom stereocenters. The number of hydroxylamine groups is 1. The van der Waals surface area contributed by atoms with Gasteiger partial charge < -0.3 is 27.1 Å². The van der Waals surface area contributed by atoms with E-state index in [1.165, 1.54) is 18.4 Å². The Morgan fingerprint density at radius 1 is 1.58 bits per heavy atom. The largest absolute Gasteiger partial charge is 1.00 e. The molecule has 4 nitrogen and oxygen atoms in total. The molecule has 1 heterocycles. The minimum atomic E-state index is -1.28. The summed E-state index contributed by atoms with van der Waals surface area (Å²) in [5.74, 6) is -1.28. The fraction of sp³-hybridized carbons (Fsp3) is 0. The van der Waals surface area contributed by atoms with Gasteiger partial charge in [0, 0.05) is 0 Å². The molecule has 0 fully saturated rings. The van der Waals surface area contributed by atoms with Gasteiger partial charge in [0.25, 0.3) is 0 Å². The number of carbonyl (C=O) groups is 1. The Kier molecular flexibility index (Phi) is 16.8. The molecule has 0 aromatic heterocycles. The standard InChI is InChI=1S/C5H5NO3.ClH.K.Na/c7-5(8)4-2-1-3-9-6-4;;;/h1-3,6H,(H,7,8);1H;;/q;;2*+1/p-2. The van der Waals surface area contributed by atoms with Crippen molar-refractivity contribution in [2.45, 2.75) is 0 Å². The summed E-state index contributed by atoms with van der Waals surface area (Å²) < 4.78 is 0. The molecule has 12 heavy (non-hydrogen) atoms. The molecule has 0 saturated carbocycles. The molecule has 7 heteroatoms. The molecule has 0 aromatic rings. The van der Waals surface area contributed by atoms with E-state index in [9.17, 15) is 9.90 Å². The van der Waals surface area contributed by atoms with Gasteiger partial charge in [-0.05, 0) is 12.2 Å².